The molecule has 26 heavy (non-hydrogen) atoms. The summed E-state index contributed by atoms with van der Waals surface area (Å²) in [5.74, 6) is -1.80. The van der Waals surface area contributed by atoms with Gasteiger partial charge in [0.15, 0.2) is 5.11 Å². The van der Waals surface area contributed by atoms with E-state index >= 15 is 0 Å². The molecule has 2 N–H and O–H groups in total. The lowest BCUT2D eigenvalue weighted by Crippen LogP contribution is -2.20. The summed E-state index contributed by atoms with van der Waals surface area (Å²) in [6, 6.07) is 8.29. The summed E-state index contributed by atoms with van der Waals surface area (Å²) in [7, 11) is 2.45. The predicted octanol–water partition coefficient (Wildman–Crippen LogP) is 3.86. The molecule has 0 fully saturated rings. The van der Waals surface area contributed by atoms with Gasteiger partial charge in [-0.15, -0.1) is 0 Å². The van der Waals surface area contributed by atoms with Crippen LogP contribution in [-0.4, -0.2) is 31.3 Å². The molecule has 0 bridgehead atoms. The molecule has 2 rings (SSSR count). The van der Waals surface area contributed by atoms with Gasteiger partial charge < -0.3 is 20.1 Å². The van der Waals surface area contributed by atoms with Crippen LogP contribution in [0.2, 0.25) is 5.02 Å². The zero-order valence-corrected chi connectivity index (χ0v) is 15.3. The standard InChI is InChI=1S/C17H14ClFN2O4S/c1-24-15(22)9-5-10(16(23)25-2)7-12(6-9)21-17(26)20-11-3-4-14(19)13(18)8-11/h3-8H,1-2H3,(H2,20,21,26). The highest BCUT2D eigenvalue weighted by Gasteiger charge is 2.14. The van der Waals surface area contributed by atoms with Crippen molar-refractivity contribution < 1.29 is 23.5 Å². The molecule has 0 spiro atoms. The van der Waals surface area contributed by atoms with Crippen LogP contribution in [0.4, 0.5) is 15.8 Å². The van der Waals surface area contributed by atoms with E-state index in [1.807, 2.05) is 0 Å². The Hall–Kier alpha value is -2.71. The van der Waals surface area contributed by atoms with Gasteiger partial charge in [-0.05, 0) is 48.6 Å². The molecule has 0 aliphatic rings. The summed E-state index contributed by atoms with van der Waals surface area (Å²) >= 11 is 10.9. The molecule has 9 heteroatoms. The highest BCUT2D eigenvalue weighted by molar-refractivity contribution is 7.80. The molecule has 0 aromatic heterocycles. The molecule has 0 radical (unpaired) electrons. The van der Waals surface area contributed by atoms with Crippen LogP contribution in [-0.2, 0) is 9.47 Å². The number of hydrogen-bond acceptors (Lipinski definition) is 5. The van der Waals surface area contributed by atoms with E-state index < -0.39 is 17.8 Å². The van der Waals surface area contributed by atoms with Gasteiger partial charge in [-0.25, -0.2) is 14.0 Å². The number of halogens is 2. The summed E-state index contributed by atoms with van der Waals surface area (Å²) in [6.45, 7) is 0. The van der Waals surface area contributed by atoms with E-state index in [-0.39, 0.29) is 21.3 Å². The van der Waals surface area contributed by atoms with E-state index in [9.17, 15) is 14.0 Å². The minimum absolute atomic E-state index is 0.0570. The molecule has 0 amide bonds. The Morgan fingerprint density at radius 3 is 2.00 bits per heavy atom. The average molecular weight is 397 g/mol. The van der Waals surface area contributed by atoms with Crippen molar-refractivity contribution in [3.63, 3.8) is 0 Å². The normalized spacial score (nSPS) is 10.0. The van der Waals surface area contributed by atoms with E-state index in [0.29, 0.717) is 11.4 Å². The second kappa shape index (κ2) is 8.59. The Bertz CT molecular complexity index is 842. The van der Waals surface area contributed by atoms with Crippen molar-refractivity contribution in [2.24, 2.45) is 0 Å². The minimum Gasteiger partial charge on any atom is -0.465 e. The number of esters is 2. The van der Waals surface area contributed by atoms with Crippen molar-refractivity contribution >= 4 is 52.2 Å². The van der Waals surface area contributed by atoms with Gasteiger partial charge in [0.25, 0.3) is 0 Å². The summed E-state index contributed by atoms with van der Waals surface area (Å²) in [5, 5.41) is 5.74. The van der Waals surface area contributed by atoms with Crippen LogP contribution in [0.1, 0.15) is 20.7 Å². The van der Waals surface area contributed by atoms with Crippen LogP contribution < -0.4 is 10.6 Å². The van der Waals surface area contributed by atoms with Crippen LogP contribution in [0.25, 0.3) is 0 Å². The predicted molar refractivity (Wildman–Crippen MR) is 100 cm³/mol. The summed E-state index contributed by atoms with van der Waals surface area (Å²) in [6.07, 6.45) is 0. The first kappa shape index (κ1) is 19.6. The van der Waals surface area contributed by atoms with Crippen molar-refractivity contribution in [2.45, 2.75) is 0 Å². The molecule has 2 aromatic rings. The molecule has 0 atom stereocenters. The summed E-state index contributed by atoms with van der Waals surface area (Å²) in [4.78, 5) is 23.5. The highest BCUT2D eigenvalue weighted by atomic mass is 35.5. The van der Waals surface area contributed by atoms with Crippen molar-refractivity contribution in [1.82, 2.24) is 0 Å². The number of benzene rings is 2. The number of methoxy groups -OCH3 is 2. The molecule has 2 aromatic carbocycles. The quantitative estimate of drug-likeness (QED) is 0.600. The number of hydrogen-bond donors (Lipinski definition) is 2. The van der Waals surface area contributed by atoms with Gasteiger partial charge in [0.1, 0.15) is 5.82 Å². The van der Waals surface area contributed by atoms with Crippen LogP contribution in [0.15, 0.2) is 36.4 Å². The summed E-state index contributed by atoms with van der Waals surface area (Å²) < 4.78 is 22.5. The first-order chi connectivity index (χ1) is 12.3. The molecule has 0 unspecified atom stereocenters. The summed E-state index contributed by atoms with van der Waals surface area (Å²) in [5.41, 5.74) is 1.11. The van der Waals surface area contributed by atoms with E-state index in [1.165, 1.54) is 50.6 Å². The maximum Gasteiger partial charge on any atom is 0.337 e. The van der Waals surface area contributed by atoms with Crippen LogP contribution in [0, 0.1) is 5.82 Å². The maximum atomic E-state index is 13.2. The average Bonchev–Trinajstić information content (AvgIpc) is 2.62. The second-order valence-corrected chi connectivity index (χ2v) is 5.81. The Morgan fingerprint density at radius 1 is 0.962 bits per heavy atom. The zero-order valence-electron chi connectivity index (χ0n) is 13.8. The van der Waals surface area contributed by atoms with E-state index in [1.54, 1.807) is 0 Å². The molecular formula is C17H14ClFN2O4S. The number of carbonyl (C=O) groups is 2. The third kappa shape index (κ3) is 4.90. The zero-order chi connectivity index (χ0) is 19.3. The third-order valence-electron chi connectivity index (χ3n) is 3.21. The first-order valence-electron chi connectivity index (χ1n) is 7.19. The number of ether oxygens (including phenoxy) is 2. The fourth-order valence-corrected chi connectivity index (χ4v) is 2.45. The van der Waals surface area contributed by atoms with Crippen LogP contribution in [0.5, 0.6) is 0 Å². The lowest BCUT2D eigenvalue weighted by Gasteiger charge is -2.13. The third-order valence-corrected chi connectivity index (χ3v) is 3.70. The van der Waals surface area contributed by atoms with Crippen molar-refractivity contribution in [3.8, 4) is 0 Å². The molecule has 136 valence electrons. The smallest absolute Gasteiger partial charge is 0.337 e. The Balaban J connectivity index is 2.23. The monoisotopic (exact) mass is 396 g/mol. The number of anilines is 2. The van der Waals surface area contributed by atoms with Gasteiger partial charge in [0, 0.05) is 11.4 Å². The molecule has 0 aliphatic carbocycles. The number of rotatable bonds is 4. The topological polar surface area (TPSA) is 76.7 Å². The van der Waals surface area contributed by atoms with Gasteiger partial charge in [-0.2, -0.15) is 0 Å². The van der Waals surface area contributed by atoms with Gasteiger partial charge in [-0.3, -0.25) is 0 Å². The Kier molecular flexibility index (Phi) is 6.48. The van der Waals surface area contributed by atoms with E-state index in [2.05, 4.69) is 20.1 Å². The molecule has 0 saturated heterocycles. The first-order valence-corrected chi connectivity index (χ1v) is 7.97. The molecular weight excluding hydrogens is 383 g/mol. The lowest BCUT2D eigenvalue weighted by molar-refractivity contribution is 0.0599. The van der Waals surface area contributed by atoms with Gasteiger partial charge in [0.2, 0.25) is 0 Å². The Labute approximate surface area is 159 Å². The molecule has 0 saturated carbocycles. The van der Waals surface area contributed by atoms with Crippen LogP contribution in [0.3, 0.4) is 0 Å². The largest absolute Gasteiger partial charge is 0.465 e. The number of carbonyl (C=O) groups excluding carboxylic acids is 2. The SMILES string of the molecule is COC(=O)c1cc(NC(=S)Nc2ccc(F)c(Cl)c2)cc(C(=O)OC)c1. The Morgan fingerprint density at radius 2 is 1.50 bits per heavy atom. The lowest BCUT2D eigenvalue weighted by atomic mass is 10.1. The molecule has 6 nitrogen and oxygen atoms in total. The fraction of sp³-hybridized carbons (Fsp3) is 0.118. The second-order valence-electron chi connectivity index (χ2n) is 4.99. The van der Waals surface area contributed by atoms with Gasteiger partial charge in [0.05, 0.1) is 30.4 Å². The van der Waals surface area contributed by atoms with E-state index in [0.717, 1.165) is 0 Å². The van der Waals surface area contributed by atoms with Crippen molar-refractivity contribution in [3.05, 3.63) is 58.4 Å². The fourth-order valence-electron chi connectivity index (χ4n) is 2.04. The highest BCUT2D eigenvalue weighted by Crippen LogP contribution is 2.21. The van der Waals surface area contributed by atoms with Gasteiger partial charge in [-0.1, -0.05) is 11.6 Å². The number of thiocarbonyl (C=S) groups is 1. The van der Waals surface area contributed by atoms with Gasteiger partial charge >= 0.3 is 11.9 Å². The van der Waals surface area contributed by atoms with Crippen molar-refractivity contribution in [2.75, 3.05) is 24.9 Å². The minimum atomic E-state index is -0.622. The molecule has 0 aliphatic heterocycles. The van der Waals surface area contributed by atoms with Crippen LogP contribution >= 0.6 is 23.8 Å². The number of nitrogens with one attached hydrogen (secondary N) is 2. The molecule has 0 heterocycles. The van der Waals surface area contributed by atoms with Crippen molar-refractivity contribution in [1.29, 1.82) is 0 Å². The van der Waals surface area contributed by atoms with E-state index in [4.69, 9.17) is 23.8 Å². The maximum absolute atomic E-state index is 13.2.